The fourth-order valence-electron chi connectivity index (χ4n) is 4.64. The number of carbonyl (C=O) groups excluding carboxylic acids is 1. The summed E-state index contributed by atoms with van der Waals surface area (Å²) in [6.07, 6.45) is 8.07. The molecule has 3 aromatic heterocycles. The van der Waals surface area contributed by atoms with Crippen molar-refractivity contribution in [1.29, 1.82) is 5.26 Å². The van der Waals surface area contributed by atoms with E-state index in [1.54, 1.807) is 15.8 Å². The first-order chi connectivity index (χ1) is 19.0. The normalized spacial score (nSPS) is 16.7. The van der Waals surface area contributed by atoms with Crippen LogP contribution in [0.5, 0.6) is 0 Å². The highest BCUT2D eigenvalue weighted by Crippen LogP contribution is 2.29. The van der Waals surface area contributed by atoms with E-state index in [1.165, 1.54) is 6.20 Å². The molecule has 3 heterocycles. The van der Waals surface area contributed by atoms with Crippen LogP contribution in [0.15, 0.2) is 61.1 Å². The quantitative estimate of drug-likeness (QED) is 0.329. The summed E-state index contributed by atoms with van der Waals surface area (Å²) in [6.45, 7) is 0.408. The predicted molar refractivity (Wildman–Crippen MR) is 147 cm³/mol. The maximum absolute atomic E-state index is 13.5. The molecule has 1 fully saturated rings. The second-order valence-corrected chi connectivity index (χ2v) is 9.71. The van der Waals surface area contributed by atoms with Crippen molar-refractivity contribution in [2.24, 2.45) is 7.05 Å². The molecular weight excluding hydrogens is 516 g/mol. The van der Waals surface area contributed by atoms with Crippen LogP contribution < -0.4 is 15.5 Å². The third-order valence-corrected chi connectivity index (χ3v) is 6.95. The third-order valence-electron chi connectivity index (χ3n) is 6.66. The highest BCUT2D eigenvalue weighted by Gasteiger charge is 2.31. The number of anilines is 2. The summed E-state index contributed by atoms with van der Waals surface area (Å²) in [6, 6.07) is 15.3. The number of carbonyl (C=O) groups is 1. The first-order valence-electron chi connectivity index (χ1n) is 12.6. The van der Waals surface area contributed by atoms with E-state index >= 15 is 0 Å². The van der Waals surface area contributed by atoms with Gasteiger partial charge in [0.2, 0.25) is 5.95 Å². The van der Waals surface area contributed by atoms with Crippen molar-refractivity contribution in [3.05, 3.63) is 77.3 Å². The van der Waals surface area contributed by atoms with Crippen molar-refractivity contribution in [3.63, 3.8) is 0 Å². The number of aromatic nitrogens is 6. The first kappa shape index (κ1) is 26.1. The second kappa shape index (κ2) is 11.9. The number of amides is 2. The monoisotopic (exact) mass is 542 g/mol. The lowest BCUT2D eigenvalue weighted by atomic mass is 9.90. The predicted octanol–water partition coefficient (Wildman–Crippen LogP) is 4.33. The molecule has 1 saturated carbocycles. The van der Waals surface area contributed by atoms with Crippen LogP contribution in [-0.4, -0.2) is 48.1 Å². The Balaban J connectivity index is 1.30. The largest absolute Gasteiger partial charge is 0.351 e. The van der Waals surface area contributed by atoms with Crippen LogP contribution >= 0.6 is 11.6 Å². The van der Waals surface area contributed by atoms with Gasteiger partial charge in [-0.3, -0.25) is 9.58 Å². The van der Waals surface area contributed by atoms with Crippen molar-refractivity contribution in [2.75, 3.05) is 10.2 Å². The fraction of sp³-hybridized carbons (Fsp3) is 0.296. The Hall–Kier alpha value is -4.56. The average molecular weight is 543 g/mol. The smallest absolute Gasteiger partial charge is 0.323 e. The van der Waals surface area contributed by atoms with Gasteiger partial charge in [-0.15, -0.1) is 10.2 Å². The minimum Gasteiger partial charge on any atom is -0.351 e. The zero-order valence-electron chi connectivity index (χ0n) is 21.3. The molecule has 0 atom stereocenters. The Bertz CT molecular complexity index is 1460. The molecule has 0 saturated heterocycles. The number of nitrogens with zero attached hydrogens (tertiary/aromatic N) is 8. The maximum atomic E-state index is 13.5. The van der Waals surface area contributed by atoms with E-state index in [0.717, 1.165) is 36.8 Å². The molecule has 2 N–H and O–H groups in total. The number of benzene rings is 1. The molecule has 4 aromatic rings. The van der Waals surface area contributed by atoms with Crippen molar-refractivity contribution in [3.8, 4) is 17.3 Å². The highest BCUT2D eigenvalue weighted by atomic mass is 35.5. The third kappa shape index (κ3) is 6.30. The van der Waals surface area contributed by atoms with Crippen molar-refractivity contribution in [1.82, 2.24) is 35.3 Å². The molecule has 12 heteroatoms. The van der Waals surface area contributed by atoms with Crippen LogP contribution in [0.4, 0.5) is 16.6 Å². The summed E-state index contributed by atoms with van der Waals surface area (Å²) in [5.41, 5.74) is 2.79. The van der Waals surface area contributed by atoms with Crippen molar-refractivity contribution < 1.29 is 4.79 Å². The molecule has 11 nitrogen and oxygen atoms in total. The molecule has 1 aliphatic rings. The molecule has 0 spiro atoms. The second-order valence-electron chi connectivity index (χ2n) is 9.35. The van der Waals surface area contributed by atoms with E-state index in [1.807, 2.05) is 61.8 Å². The highest BCUT2D eigenvalue weighted by molar-refractivity contribution is 6.30. The fourth-order valence-corrected chi connectivity index (χ4v) is 4.81. The molecule has 39 heavy (non-hydrogen) atoms. The number of urea groups is 1. The Morgan fingerprint density at radius 1 is 1.13 bits per heavy atom. The van der Waals surface area contributed by atoms with Gasteiger partial charge in [-0.25, -0.2) is 9.78 Å². The molecule has 1 aromatic carbocycles. The van der Waals surface area contributed by atoms with Crippen LogP contribution in [0.3, 0.4) is 0 Å². The summed E-state index contributed by atoms with van der Waals surface area (Å²) >= 11 is 6.06. The van der Waals surface area contributed by atoms with Crippen LogP contribution in [0, 0.1) is 11.3 Å². The van der Waals surface area contributed by atoms with Gasteiger partial charge in [0, 0.05) is 37.4 Å². The summed E-state index contributed by atoms with van der Waals surface area (Å²) in [5.74, 6) is 0.878. The number of hydrogen-bond donors (Lipinski definition) is 2. The van der Waals surface area contributed by atoms with Gasteiger partial charge in [-0.2, -0.15) is 15.3 Å². The topological polar surface area (TPSA) is 138 Å². The summed E-state index contributed by atoms with van der Waals surface area (Å²) < 4.78 is 1.71. The average Bonchev–Trinajstić information content (AvgIpc) is 3.40. The van der Waals surface area contributed by atoms with Gasteiger partial charge in [0.25, 0.3) is 0 Å². The van der Waals surface area contributed by atoms with Gasteiger partial charge in [0.1, 0.15) is 11.6 Å². The van der Waals surface area contributed by atoms with E-state index in [9.17, 15) is 4.79 Å². The van der Waals surface area contributed by atoms with Gasteiger partial charge in [-0.05, 0) is 43.4 Å². The minimum atomic E-state index is -0.221. The first-order valence-corrected chi connectivity index (χ1v) is 13.0. The number of halogens is 1. The lowest BCUT2D eigenvalue weighted by Gasteiger charge is -2.36. The molecule has 0 bridgehead atoms. The van der Waals surface area contributed by atoms with Crippen molar-refractivity contribution >= 4 is 29.4 Å². The molecule has 0 unspecified atom stereocenters. The van der Waals surface area contributed by atoms with Gasteiger partial charge >= 0.3 is 6.03 Å². The van der Waals surface area contributed by atoms with Crippen LogP contribution in [0.2, 0.25) is 5.15 Å². The maximum Gasteiger partial charge on any atom is 0.323 e. The standard InChI is InChI=1S/C27H27ClN10O/c1-37-17-20(16-32-37)23-11-12-24(36-35-23)38(27(39)31-14-18-5-3-2-4-6-18)22-9-7-21(8-10-22)33-26-30-15-19(13-29)25(28)34-26/h2-6,11-12,15-17,21-22H,7-10,14H2,1H3,(H,31,39)(H,30,33,34). The number of nitriles is 1. The molecule has 2 amide bonds. The molecule has 1 aliphatic carbocycles. The van der Waals surface area contributed by atoms with E-state index in [4.69, 9.17) is 16.9 Å². The SMILES string of the molecule is Cn1cc(-c2ccc(N(C(=O)NCc3ccccc3)C3CCC(Nc4ncc(C#N)c(Cl)n4)CC3)nn2)cn1. The summed E-state index contributed by atoms with van der Waals surface area (Å²) in [7, 11) is 1.84. The van der Waals surface area contributed by atoms with Crippen LogP contribution in [0.1, 0.15) is 36.8 Å². The lowest BCUT2D eigenvalue weighted by molar-refractivity contribution is 0.240. The van der Waals surface area contributed by atoms with Gasteiger partial charge in [-0.1, -0.05) is 41.9 Å². The molecule has 198 valence electrons. The van der Waals surface area contributed by atoms with Crippen LogP contribution in [0.25, 0.3) is 11.3 Å². The van der Waals surface area contributed by atoms with E-state index < -0.39 is 0 Å². The Labute approximate surface area is 230 Å². The van der Waals surface area contributed by atoms with Crippen molar-refractivity contribution in [2.45, 2.75) is 44.3 Å². The Kier molecular flexibility index (Phi) is 7.94. The number of nitrogens with one attached hydrogen (secondary N) is 2. The molecule has 0 aliphatic heterocycles. The zero-order chi connectivity index (χ0) is 27.2. The molecule has 0 radical (unpaired) electrons. The summed E-state index contributed by atoms with van der Waals surface area (Å²) in [4.78, 5) is 23.6. The van der Waals surface area contributed by atoms with E-state index in [0.29, 0.717) is 24.0 Å². The van der Waals surface area contributed by atoms with Gasteiger partial charge in [0.05, 0.1) is 18.1 Å². The lowest BCUT2D eigenvalue weighted by Crippen LogP contribution is -2.49. The number of aryl methyl sites for hydroxylation is 1. The Morgan fingerprint density at radius 2 is 1.92 bits per heavy atom. The van der Waals surface area contributed by atoms with E-state index in [2.05, 4.69) is 35.9 Å². The molecule has 5 rings (SSSR count). The van der Waals surface area contributed by atoms with Gasteiger partial charge < -0.3 is 10.6 Å². The minimum absolute atomic E-state index is 0.0668. The van der Waals surface area contributed by atoms with E-state index in [-0.39, 0.29) is 28.8 Å². The number of rotatable bonds is 7. The van der Waals surface area contributed by atoms with Crippen LogP contribution in [-0.2, 0) is 13.6 Å². The zero-order valence-corrected chi connectivity index (χ0v) is 22.1. The van der Waals surface area contributed by atoms with Gasteiger partial charge in [0.15, 0.2) is 11.0 Å². The number of hydrogen-bond acceptors (Lipinski definition) is 8. The Morgan fingerprint density at radius 3 is 2.56 bits per heavy atom. The molecular formula is C27H27ClN10O. The summed E-state index contributed by atoms with van der Waals surface area (Å²) in [5, 5.41) is 28.5.